The number of rotatable bonds is 6. The van der Waals surface area contributed by atoms with Crippen LogP contribution in [0.25, 0.3) is 0 Å². The summed E-state index contributed by atoms with van der Waals surface area (Å²) in [6.45, 7) is 3.05. The van der Waals surface area contributed by atoms with E-state index in [4.69, 9.17) is 5.26 Å². The molecule has 0 spiro atoms. The molecular formula is C26H29F2N3O. The van der Waals surface area contributed by atoms with Crippen molar-refractivity contribution in [1.82, 2.24) is 10.2 Å². The van der Waals surface area contributed by atoms with Crippen molar-refractivity contribution in [1.29, 1.82) is 5.26 Å². The van der Waals surface area contributed by atoms with Gasteiger partial charge in [-0.25, -0.2) is 8.78 Å². The van der Waals surface area contributed by atoms with Gasteiger partial charge in [0, 0.05) is 24.7 Å². The largest absolute Gasteiger partial charge is 0.353 e. The number of nitriles is 1. The lowest BCUT2D eigenvalue weighted by atomic mass is 9.83. The summed E-state index contributed by atoms with van der Waals surface area (Å²) < 4.78 is 27.0. The topological polar surface area (TPSA) is 56.1 Å². The second kappa shape index (κ2) is 10.2. The first-order valence-corrected chi connectivity index (χ1v) is 11.5. The highest BCUT2D eigenvalue weighted by atomic mass is 19.1. The van der Waals surface area contributed by atoms with Gasteiger partial charge in [-0.3, -0.25) is 9.69 Å². The molecule has 6 heteroatoms. The minimum atomic E-state index is -0.545. The van der Waals surface area contributed by atoms with Gasteiger partial charge in [-0.1, -0.05) is 6.07 Å². The molecule has 0 radical (unpaired) electrons. The molecule has 1 aliphatic heterocycles. The first-order valence-electron chi connectivity index (χ1n) is 11.5. The van der Waals surface area contributed by atoms with Gasteiger partial charge in [-0.2, -0.15) is 5.26 Å². The Kier molecular flexibility index (Phi) is 7.16. The molecule has 1 aliphatic carbocycles. The Morgan fingerprint density at radius 1 is 1.09 bits per heavy atom. The van der Waals surface area contributed by atoms with Crippen LogP contribution in [0.2, 0.25) is 0 Å². The molecule has 2 aromatic rings. The fourth-order valence-corrected chi connectivity index (χ4v) is 4.96. The molecule has 32 heavy (non-hydrogen) atoms. The number of hydrogen-bond donors (Lipinski definition) is 1. The summed E-state index contributed by atoms with van der Waals surface area (Å²) in [6.07, 6.45) is 6.04. The lowest BCUT2D eigenvalue weighted by Gasteiger charge is -2.33. The zero-order valence-electron chi connectivity index (χ0n) is 18.2. The number of benzene rings is 2. The lowest BCUT2D eigenvalue weighted by Crippen LogP contribution is -2.39. The summed E-state index contributed by atoms with van der Waals surface area (Å²) in [5, 5.41) is 12.1. The van der Waals surface area contributed by atoms with Crippen molar-refractivity contribution < 1.29 is 13.6 Å². The molecule has 1 amide bonds. The predicted molar refractivity (Wildman–Crippen MR) is 119 cm³/mol. The smallest absolute Gasteiger partial charge is 0.224 e. The number of nitrogens with zero attached hydrogens (tertiary/aromatic N) is 2. The molecule has 4 rings (SSSR count). The Hall–Kier alpha value is -2.78. The Morgan fingerprint density at radius 2 is 1.91 bits per heavy atom. The molecule has 168 valence electrons. The van der Waals surface area contributed by atoms with Crippen LogP contribution in [0.15, 0.2) is 36.4 Å². The van der Waals surface area contributed by atoms with Gasteiger partial charge < -0.3 is 5.32 Å². The molecule has 0 atom stereocenters. The van der Waals surface area contributed by atoms with Crippen molar-refractivity contribution in [2.75, 3.05) is 13.1 Å². The summed E-state index contributed by atoms with van der Waals surface area (Å²) in [7, 11) is 0. The van der Waals surface area contributed by atoms with Crippen LogP contribution in [0.4, 0.5) is 8.78 Å². The molecular weight excluding hydrogens is 408 g/mol. The van der Waals surface area contributed by atoms with Gasteiger partial charge in [0.25, 0.3) is 0 Å². The van der Waals surface area contributed by atoms with Crippen molar-refractivity contribution in [2.24, 2.45) is 5.92 Å². The van der Waals surface area contributed by atoms with E-state index in [1.165, 1.54) is 11.1 Å². The molecule has 0 aromatic heterocycles. The molecule has 1 saturated carbocycles. The maximum absolute atomic E-state index is 13.8. The predicted octanol–water partition coefficient (Wildman–Crippen LogP) is 4.50. The Labute approximate surface area is 188 Å². The van der Waals surface area contributed by atoms with Crippen LogP contribution in [0.3, 0.4) is 0 Å². The summed E-state index contributed by atoms with van der Waals surface area (Å²) in [4.78, 5) is 14.8. The average Bonchev–Trinajstić information content (AvgIpc) is 2.80. The SMILES string of the molecule is N#Cc1ccc2c(c1)CCN(CCC1CCC(NC(=O)Cc3cc(F)ccc3F)CC1)C2. The van der Waals surface area contributed by atoms with E-state index in [1.807, 2.05) is 12.1 Å². The van der Waals surface area contributed by atoms with Crippen LogP contribution in [0.1, 0.15) is 54.4 Å². The van der Waals surface area contributed by atoms with Gasteiger partial charge in [0.05, 0.1) is 18.1 Å². The Balaban J connectivity index is 1.18. The number of carbonyl (C=O) groups excluding carboxylic acids is 1. The molecule has 2 aliphatic rings. The normalized spacial score (nSPS) is 20.9. The lowest BCUT2D eigenvalue weighted by molar-refractivity contribution is -0.121. The molecule has 1 N–H and O–H groups in total. The third-order valence-electron chi connectivity index (χ3n) is 6.85. The van der Waals surface area contributed by atoms with Gasteiger partial charge in [0.2, 0.25) is 5.91 Å². The van der Waals surface area contributed by atoms with E-state index in [0.29, 0.717) is 5.92 Å². The first-order chi connectivity index (χ1) is 15.5. The van der Waals surface area contributed by atoms with Crippen LogP contribution in [0.5, 0.6) is 0 Å². The number of amides is 1. The van der Waals surface area contributed by atoms with Gasteiger partial charge in [0.1, 0.15) is 11.6 Å². The van der Waals surface area contributed by atoms with E-state index in [9.17, 15) is 13.6 Å². The number of fused-ring (bicyclic) bond motifs is 1. The second-order valence-electron chi connectivity index (χ2n) is 9.11. The van der Waals surface area contributed by atoms with E-state index in [1.54, 1.807) is 0 Å². The van der Waals surface area contributed by atoms with Crippen LogP contribution in [-0.2, 0) is 24.2 Å². The standard InChI is InChI=1S/C26H29F2N3O/c27-23-5-8-25(28)22(14-23)15-26(32)30-24-6-2-18(3-7-24)9-11-31-12-10-20-13-19(16-29)1-4-21(20)17-31/h1,4-5,8,13-14,18,24H,2-3,6-7,9-12,15,17H2,(H,30,32). The molecule has 1 heterocycles. The first kappa shape index (κ1) is 22.4. The Bertz CT molecular complexity index is 1010. The van der Waals surface area contributed by atoms with Crippen molar-refractivity contribution >= 4 is 5.91 Å². The van der Waals surface area contributed by atoms with Crippen LogP contribution < -0.4 is 5.32 Å². The fraction of sp³-hybridized carbons (Fsp3) is 0.462. The highest BCUT2D eigenvalue weighted by molar-refractivity contribution is 5.78. The van der Waals surface area contributed by atoms with Crippen molar-refractivity contribution in [3.05, 3.63) is 70.3 Å². The third kappa shape index (κ3) is 5.72. The minimum absolute atomic E-state index is 0.100. The molecule has 0 bridgehead atoms. The molecule has 2 aromatic carbocycles. The van der Waals surface area contributed by atoms with E-state index < -0.39 is 11.6 Å². The van der Waals surface area contributed by atoms with Crippen molar-refractivity contribution in [3.63, 3.8) is 0 Å². The van der Waals surface area contributed by atoms with Gasteiger partial charge in [0.15, 0.2) is 0 Å². The molecule has 0 saturated heterocycles. The number of carbonyl (C=O) groups is 1. The second-order valence-corrected chi connectivity index (χ2v) is 9.11. The van der Waals surface area contributed by atoms with Crippen LogP contribution >= 0.6 is 0 Å². The van der Waals surface area contributed by atoms with E-state index in [-0.39, 0.29) is 23.9 Å². The molecule has 0 unspecified atom stereocenters. The summed E-state index contributed by atoms with van der Waals surface area (Å²) in [5.41, 5.74) is 3.47. The molecule has 4 nitrogen and oxygen atoms in total. The fourth-order valence-electron chi connectivity index (χ4n) is 4.96. The van der Waals surface area contributed by atoms with E-state index >= 15 is 0 Å². The van der Waals surface area contributed by atoms with Crippen molar-refractivity contribution in [2.45, 2.75) is 57.5 Å². The monoisotopic (exact) mass is 437 g/mol. The van der Waals surface area contributed by atoms with E-state index in [0.717, 1.165) is 81.9 Å². The van der Waals surface area contributed by atoms with Gasteiger partial charge in [-0.15, -0.1) is 0 Å². The van der Waals surface area contributed by atoms with Crippen molar-refractivity contribution in [3.8, 4) is 6.07 Å². The van der Waals surface area contributed by atoms with Gasteiger partial charge in [-0.05, 0) is 92.4 Å². The maximum Gasteiger partial charge on any atom is 0.224 e. The highest BCUT2D eigenvalue weighted by Crippen LogP contribution is 2.28. The summed E-state index contributed by atoms with van der Waals surface area (Å²) in [5.74, 6) is -0.661. The van der Waals surface area contributed by atoms with Crippen LogP contribution in [-0.4, -0.2) is 29.9 Å². The average molecular weight is 438 g/mol. The maximum atomic E-state index is 13.8. The summed E-state index contributed by atoms with van der Waals surface area (Å²) >= 11 is 0. The van der Waals surface area contributed by atoms with Gasteiger partial charge >= 0.3 is 0 Å². The zero-order chi connectivity index (χ0) is 22.5. The molecule has 1 fully saturated rings. The number of hydrogen-bond acceptors (Lipinski definition) is 3. The quantitative estimate of drug-likeness (QED) is 0.724. The number of halogens is 2. The Morgan fingerprint density at radius 3 is 2.69 bits per heavy atom. The number of nitrogens with one attached hydrogen (secondary N) is 1. The third-order valence-corrected chi connectivity index (χ3v) is 6.85. The van der Waals surface area contributed by atoms with E-state index in [2.05, 4.69) is 22.4 Å². The summed E-state index contributed by atoms with van der Waals surface area (Å²) in [6, 6.07) is 11.6. The van der Waals surface area contributed by atoms with Crippen LogP contribution in [0, 0.1) is 28.9 Å². The minimum Gasteiger partial charge on any atom is -0.353 e. The zero-order valence-corrected chi connectivity index (χ0v) is 18.2. The highest BCUT2D eigenvalue weighted by Gasteiger charge is 2.24.